The highest BCUT2D eigenvalue weighted by atomic mass is 19.1. The summed E-state index contributed by atoms with van der Waals surface area (Å²) in [5.74, 6) is -0.677. The van der Waals surface area contributed by atoms with Gasteiger partial charge in [0.05, 0.1) is 19.2 Å². The van der Waals surface area contributed by atoms with E-state index < -0.39 is 12.1 Å². The number of fused-ring (bicyclic) bond motifs is 1. The van der Waals surface area contributed by atoms with Crippen molar-refractivity contribution < 1.29 is 28.6 Å². The monoisotopic (exact) mass is 499 g/mol. The summed E-state index contributed by atoms with van der Waals surface area (Å²) in [6, 6.07) is 7.31. The highest BCUT2D eigenvalue weighted by molar-refractivity contribution is 5.98. The number of rotatable bonds is 6. The van der Waals surface area contributed by atoms with Crippen molar-refractivity contribution in [3.8, 4) is 17.0 Å². The third-order valence-electron chi connectivity index (χ3n) is 7.08. The topological polar surface area (TPSA) is 92.2 Å². The molecule has 2 amide bonds. The molecule has 0 unspecified atom stereocenters. The summed E-state index contributed by atoms with van der Waals surface area (Å²) in [4.78, 5) is 34.4. The molecule has 1 fully saturated rings. The molecule has 3 atom stereocenters. The third-order valence-corrected chi connectivity index (χ3v) is 7.08. The van der Waals surface area contributed by atoms with Gasteiger partial charge in [-0.2, -0.15) is 0 Å². The number of amides is 2. The molecule has 0 spiro atoms. The number of benzene rings is 1. The number of halogens is 1. The zero-order valence-electron chi connectivity index (χ0n) is 21.0. The van der Waals surface area contributed by atoms with Crippen LogP contribution in [0.5, 0.6) is 5.88 Å². The van der Waals surface area contributed by atoms with Crippen molar-refractivity contribution in [1.29, 1.82) is 0 Å². The molecule has 2 aliphatic rings. The summed E-state index contributed by atoms with van der Waals surface area (Å²) >= 11 is 0. The van der Waals surface area contributed by atoms with E-state index in [1.807, 2.05) is 6.92 Å². The van der Waals surface area contributed by atoms with Crippen LogP contribution < -0.4 is 4.74 Å². The van der Waals surface area contributed by atoms with Gasteiger partial charge in [0.25, 0.3) is 5.91 Å². The lowest BCUT2D eigenvalue weighted by molar-refractivity contribution is -0.138. The summed E-state index contributed by atoms with van der Waals surface area (Å²) in [6.07, 6.45) is 2.54. The predicted molar refractivity (Wildman–Crippen MR) is 132 cm³/mol. The molecule has 194 valence electrons. The summed E-state index contributed by atoms with van der Waals surface area (Å²) in [6.45, 7) is 5.40. The van der Waals surface area contributed by atoms with Crippen LogP contribution in [-0.4, -0.2) is 83.8 Å². The largest absolute Gasteiger partial charge is 0.472 e. The van der Waals surface area contributed by atoms with Crippen LogP contribution in [0.3, 0.4) is 0 Å². The average molecular weight is 500 g/mol. The van der Waals surface area contributed by atoms with E-state index >= 15 is 0 Å². The quantitative estimate of drug-likeness (QED) is 0.657. The smallest absolute Gasteiger partial charge is 0.259 e. The van der Waals surface area contributed by atoms with Crippen LogP contribution in [0.25, 0.3) is 11.1 Å². The number of aromatic nitrogens is 1. The molecule has 2 aromatic rings. The van der Waals surface area contributed by atoms with Gasteiger partial charge in [-0.25, -0.2) is 9.37 Å². The molecule has 4 rings (SSSR count). The standard InChI is InChI=1S/C27H34FN3O5/c1-17-14-31(18(2)16-32)27(34)23-12-21(20-5-4-6-22(28)11-20)13-29-25(23)36-24(17)15-30(3)26(33)19-7-9-35-10-8-19/h4-6,11-13,17-19,24,32H,7-10,14-16H2,1-3H3/t17-,18-,24-/m1/s1. The SMILES string of the molecule is C[C@@H]1CN([C@H](C)CO)C(=O)c2cc(-c3cccc(F)c3)cnc2O[C@@H]1CN(C)C(=O)C1CCOCC1. The average Bonchev–Trinajstić information content (AvgIpc) is 2.90. The number of nitrogens with zero attached hydrogens (tertiary/aromatic N) is 3. The molecule has 9 heteroatoms. The number of hydrogen-bond donors (Lipinski definition) is 1. The number of pyridine rings is 1. The van der Waals surface area contributed by atoms with E-state index in [0.29, 0.717) is 50.3 Å². The molecule has 0 aliphatic carbocycles. The minimum atomic E-state index is -0.425. The Kier molecular flexibility index (Phi) is 8.21. The van der Waals surface area contributed by atoms with E-state index in [1.54, 1.807) is 48.2 Å². The Labute approximate surface area is 211 Å². The molecular formula is C27H34FN3O5. The first kappa shape index (κ1) is 26.0. The van der Waals surface area contributed by atoms with Crippen molar-refractivity contribution in [2.75, 3.05) is 40.0 Å². The van der Waals surface area contributed by atoms with Gasteiger partial charge in [-0.3, -0.25) is 9.59 Å². The van der Waals surface area contributed by atoms with Crippen LogP contribution in [0, 0.1) is 17.7 Å². The summed E-state index contributed by atoms with van der Waals surface area (Å²) in [7, 11) is 1.77. The van der Waals surface area contributed by atoms with Crippen molar-refractivity contribution in [1.82, 2.24) is 14.8 Å². The first-order valence-electron chi connectivity index (χ1n) is 12.5. The van der Waals surface area contributed by atoms with E-state index in [2.05, 4.69) is 4.98 Å². The van der Waals surface area contributed by atoms with Crippen LogP contribution in [0.1, 0.15) is 37.0 Å². The number of likely N-dealkylation sites (N-methyl/N-ethyl adjacent to an activating group) is 1. The maximum absolute atomic E-state index is 13.8. The molecule has 2 aliphatic heterocycles. The van der Waals surface area contributed by atoms with Gasteiger partial charge >= 0.3 is 0 Å². The first-order chi connectivity index (χ1) is 17.3. The summed E-state index contributed by atoms with van der Waals surface area (Å²) in [5, 5.41) is 9.85. The fraction of sp³-hybridized carbons (Fsp3) is 0.519. The van der Waals surface area contributed by atoms with Crippen LogP contribution in [-0.2, 0) is 9.53 Å². The van der Waals surface area contributed by atoms with Crippen molar-refractivity contribution in [2.45, 2.75) is 38.8 Å². The minimum Gasteiger partial charge on any atom is -0.472 e. The fourth-order valence-corrected chi connectivity index (χ4v) is 4.76. The number of carbonyl (C=O) groups is 2. The molecule has 0 radical (unpaired) electrons. The summed E-state index contributed by atoms with van der Waals surface area (Å²) < 4.78 is 25.5. The molecule has 0 bridgehead atoms. The second kappa shape index (κ2) is 11.3. The third kappa shape index (κ3) is 5.68. The van der Waals surface area contributed by atoms with Gasteiger partial charge in [0, 0.05) is 50.4 Å². The Morgan fingerprint density at radius 3 is 2.72 bits per heavy atom. The van der Waals surface area contributed by atoms with Gasteiger partial charge in [-0.15, -0.1) is 0 Å². The summed E-state index contributed by atoms with van der Waals surface area (Å²) in [5.41, 5.74) is 1.42. The predicted octanol–water partition coefficient (Wildman–Crippen LogP) is 2.99. The van der Waals surface area contributed by atoms with Crippen LogP contribution in [0.2, 0.25) is 0 Å². The van der Waals surface area contributed by atoms with Gasteiger partial charge in [-0.05, 0) is 43.5 Å². The maximum atomic E-state index is 13.8. The van der Waals surface area contributed by atoms with Crippen molar-refractivity contribution in [3.05, 3.63) is 47.9 Å². The normalized spacial score (nSPS) is 21.7. The number of aliphatic hydroxyl groups excluding tert-OH is 1. The second-order valence-electron chi connectivity index (χ2n) is 9.82. The molecule has 0 saturated carbocycles. The van der Waals surface area contributed by atoms with Crippen molar-refractivity contribution >= 4 is 11.8 Å². The molecule has 1 N–H and O–H groups in total. The van der Waals surface area contributed by atoms with Gasteiger partial charge < -0.3 is 24.4 Å². The molecule has 36 heavy (non-hydrogen) atoms. The zero-order valence-corrected chi connectivity index (χ0v) is 21.0. The Morgan fingerprint density at radius 2 is 2.03 bits per heavy atom. The van der Waals surface area contributed by atoms with Crippen LogP contribution in [0.15, 0.2) is 36.5 Å². The molecule has 1 aromatic carbocycles. The number of carbonyl (C=O) groups excluding carboxylic acids is 2. The lowest BCUT2D eigenvalue weighted by Gasteiger charge is -2.38. The van der Waals surface area contributed by atoms with Gasteiger partial charge in [0.1, 0.15) is 17.5 Å². The zero-order chi connectivity index (χ0) is 25.8. The van der Waals surface area contributed by atoms with Gasteiger partial charge in [0.2, 0.25) is 11.8 Å². The lowest BCUT2D eigenvalue weighted by atomic mass is 9.97. The Hall–Kier alpha value is -3.04. The molecular weight excluding hydrogens is 465 g/mol. The van der Waals surface area contributed by atoms with Gasteiger partial charge in [-0.1, -0.05) is 19.1 Å². The highest BCUT2D eigenvalue weighted by Crippen LogP contribution is 2.31. The van der Waals surface area contributed by atoms with E-state index in [1.165, 1.54) is 12.1 Å². The van der Waals surface area contributed by atoms with E-state index in [4.69, 9.17) is 9.47 Å². The van der Waals surface area contributed by atoms with Crippen LogP contribution >= 0.6 is 0 Å². The molecule has 1 aromatic heterocycles. The fourth-order valence-electron chi connectivity index (χ4n) is 4.76. The van der Waals surface area contributed by atoms with Crippen molar-refractivity contribution in [3.63, 3.8) is 0 Å². The number of aliphatic hydroxyl groups is 1. The van der Waals surface area contributed by atoms with E-state index in [-0.39, 0.29) is 47.5 Å². The minimum absolute atomic E-state index is 0.0578. The van der Waals surface area contributed by atoms with Gasteiger partial charge in [0.15, 0.2) is 0 Å². The van der Waals surface area contributed by atoms with Crippen molar-refractivity contribution in [2.24, 2.45) is 11.8 Å². The first-order valence-corrected chi connectivity index (χ1v) is 12.5. The second-order valence-corrected chi connectivity index (χ2v) is 9.82. The Balaban J connectivity index is 1.65. The Morgan fingerprint density at radius 1 is 1.28 bits per heavy atom. The number of ether oxygens (including phenoxy) is 2. The number of hydrogen-bond acceptors (Lipinski definition) is 6. The molecule has 3 heterocycles. The van der Waals surface area contributed by atoms with E-state index in [9.17, 15) is 19.1 Å². The Bertz CT molecular complexity index is 1090. The maximum Gasteiger partial charge on any atom is 0.259 e. The highest BCUT2D eigenvalue weighted by Gasteiger charge is 2.35. The molecule has 1 saturated heterocycles. The lowest BCUT2D eigenvalue weighted by Crippen LogP contribution is -2.51. The van der Waals surface area contributed by atoms with E-state index in [0.717, 1.165) is 0 Å². The molecule has 8 nitrogen and oxygen atoms in total. The van der Waals surface area contributed by atoms with Crippen LogP contribution in [0.4, 0.5) is 4.39 Å².